The van der Waals surface area contributed by atoms with Crippen molar-refractivity contribution in [3.63, 3.8) is 0 Å². The number of rotatable bonds is 11. The lowest BCUT2D eigenvalue weighted by molar-refractivity contribution is -0.571. The summed E-state index contributed by atoms with van der Waals surface area (Å²) in [6.45, 7) is 6.31. The molecule has 0 unspecified atom stereocenters. The minimum Gasteiger partial charge on any atom is -0.458 e. The third-order valence-corrected chi connectivity index (χ3v) is 17.5. The molecule has 0 amide bonds. The number of hydrogen-bond donors (Lipinski definition) is 0. The number of pyridine rings is 1. The SMILES string of the molecule is [2H]c1c([2H])c([2H])c(-c2cccc(-c3c([2H])c([2H])c([2H])c([2H])c3[2H])c2-[n+]2[c-]n(-c3cccc(Oc4ccc5c6ccccc6n(-c6cc(C(C)(C)C)ccn6)c5c4)c3)c3cc([Si](c4c([2H])c([2H])c([2H])c([2H])c4[2H])(c4c([2H])c([2H])c([2H])c([2H])c4[2H])c4c([2H])c([2H])c([2H])c([2H])c4[2H])ccc32)c([2H])c1[2H]. The molecule has 0 fully saturated rings. The number of imidazole rings is 1. The molecular formula is C70H54N4OSi. The molecule has 13 aromatic rings. The third-order valence-electron chi connectivity index (χ3n) is 13.3. The zero-order valence-electron chi connectivity index (χ0n) is 65.7. The van der Waals surface area contributed by atoms with Gasteiger partial charge in [0.15, 0.2) is 8.07 Å². The number of ether oxygens (including phenoxy) is 1. The summed E-state index contributed by atoms with van der Waals surface area (Å²) < 4.78 is 242. The first kappa shape index (κ1) is 26.7. The molecule has 6 heteroatoms. The van der Waals surface area contributed by atoms with Gasteiger partial charge in [-0.2, -0.15) is 0 Å². The molecule has 0 N–H and O–H groups in total. The van der Waals surface area contributed by atoms with E-state index in [2.05, 4.69) is 27.1 Å². The summed E-state index contributed by atoms with van der Waals surface area (Å²) in [4.78, 5) is 4.82. The first-order valence-corrected chi connectivity index (χ1v) is 26.0. The van der Waals surface area contributed by atoms with Crippen molar-refractivity contribution in [1.82, 2.24) is 14.1 Å². The summed E-state index contributed by atoms with van der Waals surface area (Å²) in [6, 6.07) is 9.51. The van der Waals surface area contributed by atoms with Gasteiger partial charge in [0.2, 0.25) is 0 Å². The number of benzene rings is 10. The second-order valence-corrected chi connectivity index (χ2v) is 22.3. The average Bonchev–Trinajstić information content (AvgIpc) is 1.25. The fourth-order valence-corrected chi connectivity index (χ4v) is 13.7. The predicted octanol–water partition coefficient (Wildman–Crippen LogP) is 14.0. The molecule has 0 aliphatic rings. The summed E-state index contributed by atoms with van der Waals surface area (Å²) >= 11 is 0. The number of hydrogen-bond acceptors (Lipinski definition) is 2. The molecule has 76 heavy (non-hydrogen) atoms. The van der Waals surface area contributed by atoms with Crippen LogP contribution in [0.5, 0.6) is 11.5 Å². The Labute approximate surface area is 480 Å². The van der Waals surface area contributed by atoms with Crippen LogP contribution in [0.25, 0.3) is 72.3 Å². The second kappa shape index (κ2) is 19.2. The fourth-order valence-electron chi connectivity index (χ4n) is 9.87. The van der Waals surface area contributed by atoms with Gasteiger partial charge in [0.1, 0.15) is 17.3 Å². The van der Waals surface area contributed by atoms with Gasteiger partial charge >= 0.3 is 0 Å². The molecule has 10 aromatic carbocycles. The Balaban J connectivity index is 1.19. The van der Waals surface area contributed by atoms with Crippen LogP contribution in [0.4, 0.5) is 0 Å². The predicted molar refractivity (Wildman–Crippen MR) is 315 cm³/mol. The number of nitrogens with zero attached hydrogens (tertiary/aromatic N) is 4. The van der Waals surface area contributed by atoms with Crippen molar-refractivity contribution in [1.29, 1.82) is 0 Å². The highest BCUT2D eigenvalue weighted by atomic mass is 28.3. The van der Waals surface area contributed by atoms with E-state index in [4.69, 9.17) is 22.1 Å². The van der Waals surface area contributed by atoms with Crippen molar-refractivity contribution in [3.8, 4) is 50.9 Å². The first-order chi connectivity index (χ1) is 47.7. The van der Waals surface area contributed by atoms with Crippen LogP contribution in [-0.2, 0) is 5.41 Å². The van der Waals surface area contributed by atoms with Crippen molar-refractivity contribution < 1.29 is 43.6 Å². The van der Waals surface area contributed by atoms with Gasteiger partial charge in [0.25, 0.3) is 6.33 Å². The molecule has 0 bridgehead atoms. The molecule has 0 atom stereocenters. The Morgan fingerprint density at radius 2 is 1.07 bits per heavy atom. The van der Waals surface area contributed by atoms with Crippen LogP contribution in [0.1, 0.15) is 60.6 Å². The van der Waals surface area contributed by atoms with Crippen LogP contribution in [-0.4, -0.2) is 22.2 Å². The maximum absolute atomic E-state index is 9.80. The molecule has 3 aromatic heterocycles. The van der Waals surface area contributed by atoms with Gasteiger partial charge in [0, 0.05) is 23.0 Å². The van der Waals surface area contributed by atoms with E-state index in [-0.39, 0.29) is 49.9 Å². The number of aromatic nitrogens is 4. The Morgan fingerprint density at radius 3 is 1.68 bits per heavy atom. The molecule has 0 radical (unpaired) electrons. The maximum atomic E-state index is 9.80. The van der Waals surface area contributed by atoms with E-state index in [0.29, 0.717) is 11.6 Å². The van der Waals surface area contributed by atoms with E-state index in [1.165, 1.54) is 45.5 Å². The van der Waals surface area contributed by atoms with Crippen LogP contribution in [0.15, 0.2) is 273 Å². The van der Waals surface area contributed by atoms with Gasteiger partial charge in [-0.3, -0.25) is 13.7 Å². The summed E-state index contributed by atoms with van der Waals surface area (Å²) in [5.74, 6) is 1.16. The van der Waals surface area contributed by atoms with E-state index >= 15 is 0 Å². The van der Waals surface area contributed by atoms with Crippen LogP contribution in [0.2, 0.25) is 0 Å². The Morgan fingerprint density at radius 1 is 0.500 bits per heavy atom. The van der Waals surface area contributed by atoms with Crippen LogP contribution in [0, 0.1) is 6.33 Å². The summed E-state index contributed by atoms with van der Waals surface area (Å²) in [5.41, 5.74) is 0.996. The van der Waals surface area contributed by atoms with Crippen molar-refractivity contribution >= 4 is 61.7 Å². The quantitative estimate of drug-likeness (QED) is 0.0560. The summed E-state index contributed by atoms with van der Waals surface area (Å²) in [6.07, 6.45) is 5.07. The van der Waals surface area contributed by atoms with E-state index in [9.17, 15) is 21.9 Å². The second-order valence-electron chi connectivity index (χ2n) is 18.7. The topological polar surface area (TPSA) is 35.9 Å². The largest absolute Gasteiger partial charge is 0.458 e. The van der Waals surface area contributed by atoms with Crippen molar-refractivity contribution in [2.75, 3.05) is 0 Å². The molecule has 0 aliphatic carbocycles. The smallest absolute Gasteiger partial charge is 0.269 e. The van der Waals surface area contributed by atoms with Crippen LogP contribution < -0.4 is 30.1 Å². The lowest BCUT2D eigenvalue weighted by Gasteiger charge is -2.34. The van der Waals surface area contributed by atoms with Crippen LogP contribution in [0.3, 0.4) is 0 Å². The normalized spacial score (nSPS) is 16.5. The summed E-state index contributed by atoms with van der Waals surface area (Å²) in [5, 5.41) is -0.858. The minimum absolute atomic E-state index is 0.0398. The highest BCUT2D eigenvalue weighted by Gasteiger charge is 2.41. The zero-order valence-corrected chi connectivity index (χ0v) is 41.7. The molecule has 0 saturated heterocycles. The van der Waals surface area contributed by atoms with Gasteiger partial charge in [-0.1, -0.05) is 232 Å². The summed E-state index contributed by atoms with van der Waals surface area (Å²) in [7, 11) is -5.85. The maximum Gasteiger partial charge on any atom is 0.269 e. The van der Waals surface area contributed by atoms with Crippen molar-refractivity contribution in [2.24, 2.45) is 0 Å². The number of para-hydroxylation sites is 2. The number of fused-ring (bicyclic) bond motifs is 4. The fraction of sp³-hybridized carbons (Fsp3) is 0.0571. The lowest BCUT2D eigenvalue weighted by Crippen LogP contribution is -2.74. The molecule has 364 valence electrons. The molecular weight excluding hydrogens is 941 g/mol. The Bertz CT molecular complexity index is 5390. The average molecular weight is 1020 g/mol. The van der Waals surface area contributed by atoms with Gasteiger partial charge in [0.05, 0.1) is 67.7 Å². The third kappa shape index (κ3) is 8.11. The van der Waals surface area contributed by atoms with Gasteiger partial charge in [-0.15, -0.1) is 0 Å². The highest BCUT2D eigenvalue weighted by Crippen LogP contribution is 2.38. The first-order valence-electron chi connectivity index (χ1n) is 36.5. The Kier molecular flexibility index (Phi) is 6.74. The zero-order chi connectivity index (χ0) is 73.0. The van der Waals surface area contributed by atoms with Crippen LogP contribution >= 0.6 is 0 Å². The van der Waals surface area contributed by atoms with Crippen molar-refractivity contribution in [2.45, 2.75) is 26.2 Å². The molecule has 0 aliphatic heterocycles. The highest BCUT2D eigenvalue weighted by molar-refractivity contribution is 7.20. The van der Waals surface area contributed by atoms with E-state index in [0.717, 1.165) is 27.4 Å². The van der Waals surface area contributed by atoms with E-state index in [1.54, 1.807) is 36.5 Å². The standard InChI is InChI=1S/C70H54N4OSi/c1-70(2,3)52-43-44-71-68(45-52)74-64-38-20-19-35-62(64)63-41-39-55(47-66(63)74)75-54-28-21-27-53(46-54)72-49-73(69-60(50-23-9-4-10-24-50)36-22-37-61(69)51-25-11-5-12-26-51)65-42-40-59(48-67(65)72)76(56-29-13-6-14-30-56,57-31-15-7-16-32-57)58-33-17-8-18-34-58/h4-48H,1-3H3/i4D,5D,6D,7D,8D,9D,10D,11D,12D,13D,14D,15D,16D,17D,18D,23D,24D,25D,26D,29D,30D,31D,32D,33D,34D. The minimum atomic E-state index is -5.85. The van der Waals surface area contributed by atoms with Gasteiger partial charge < -0.3 is 4.74 Å². The molecule has 13 rings (SSSR count). The van der Waals surface area contributed by atoms with Gasteiger partial charge in [-0.05, 0) is 103 Å². The monoisotopic (exact) mass is 1020 g/mol. The van der Waals surface area contributed by atoms with Crippen molar-refractivity contribution in [3.05, 3.63) is 284 Å². The van der Waals surface area contributed by atoms with E-state index < -0.39 is 186 Å². The molecule has 0 spiro atoms. The molecule has 3 heterocycles. The van der Waals surface area contributed by atoms with Gasteiger partial charge in [-0.25, -0.2) is 4.98 Å². The molecule has 5 nitrogen and oxygen atoms in total. The van der Waals surface area contributed by atoms with E-state index in [1.807, 2.05) is 53.1 Å². The lowest BCUT2D eigenvalue weighted by atomic mass is 9.88. The molecule has 0 saturated carbocycles. The Hall–Kier alpha value is -9.36.